The monoisotopic (exact) mass is 439 g/mol. The molecule has 0 radical (unpaired) electrons. The van der Waals surface area contributed by atoms with Crippen molar-refractivity contribution in [2.45, 2.75) is 36.1 Å². The predicted molar refractivity (Wildman–Crippen MR) is 127 cm³/mol. The van der Waals surface area contributed by atoms with E-state index in [0.717, 1.165) is 26.6 Å². The molecule has 0 unspecified atom stereocenters. The molecule has 0 amide bonds. The normalized spacial score (nSPS) is 11.7. The molecule has 0 saturated carbocycles. The molecule has 0 aliphatic rings. The topological polar surface area (TPSA) is 63.9 Å². The minimum absolute atomic E-state index is 0.0385. The fraction of sp³-hybridized carbons (Fsp3) is 0.167. The van der Waals surface area contributed by atoms with E-state index in [1.807, 2.05) is 69.3 Å². The van der Waals surface area contributed by atoms with Crippen molar-refractivity contribution in [2.75, 3.05) is 5.06 Å². The Hall–Kier alpha value is -2.54. The third-order valence-electron chi connectivity index (χ3n) is 4.22. The van der Waals surface area contributed by atoms with Crippen LogP contribution in [0, 0.1) is 0 Å². The van der Waals surface area contributed by atoms with Crippen molar-refractivity contribution in [3.63, 3.8) is 0 Å². The molecule has 156 valence electrons. The average molecular weight is 440 g/mol. The molecule has 0 heterocycles. The maximum Gasteiger partial charge on any atom is 0.119 e. The number of hydroxylamine groups is 1. The number of benzene rings is 3. The number of hydrogen-bond donors (Lipinski definition) is 3. The van der Waals surface area contributed by atoms with Gasteiger partial charge < -0.3 is 10.2 Å². The molecule has 0 bridgehead atoms. The largest absolute Gasteiger partial charge is 0.508 e. The van der Waals surface area contributed by atoms with E-state index in [9.17, 15) is 15.4 Å². The van der Waals surface area contributed by atoms with E-state index >= 15 is 0 Å². The van der Waals surface area contributed by atoms with E-state index in [2.05, 4.69) is 12.1 Å². The quantitative estimate of drug-likeness (QED) is 0.217. The average Bonchev–Trinajstić information content (AvgIpc) is 2.70. The smallest absolute Gasteiger partial charge is 0.119 e. The summed E-state index contributed by atoms with van der Waals surface area (Å²) in [5.41, 5.74) is 2.19. The Morgan fingerprint density at radius 3 is 1.67 bits per heavy atom. The third kappa shape index (κ3) is 6.23. The van der Waals surface area contributed by atoms with Crippen molar-refractivity contribution in [3.05, 3.63) is 77.9 Å². The molecule has 0 aliphatic heterocycles. The van der Waals surface area contributed by atoms with Gasteiger partial charge in [0.05, 0.1) is 11.2 Å². The Morgan fingerprint density at radius 1 is 0.700 bits per heavy atom. The molecular weight excluding hydrogens is 414 g/mol. The number of rotatable bonds is 6. The fourth-order valence-corrected chi connectivity index (χ4v) is 4.60. The van der Waals surface area contributed by atoms with Crippen LogP contribution in [0.5, 0.6) is 11.5 Å². The lowest BCUT2D eigenvalue weighted by molar-refractivity contribution is 0.181. The number of phenols is 2. The van der Waals surface area contributed by atoms with Gasteiger partial charge in [0.15, 0.2) is 0 Å². The molecule has 4 nitrogen and oxygen atoms in total. The number of phenolic OH excluding ortho intramolecular Hbond substituents is 2. The summed E-state index contributed by atoms with van der Waals surface area (Å²) in [5, 5.41) is 30.6. The van der Waals surface area contributed by atoms with Crippen LogP contribution < -0.4 is 5.06 Å². The van der Waals surface area contributed by atoms with E-state index in [1.54, 1.807) is 33.7 Å². The molecule has 0 saturated heterocycles. The maximum absolute atomic E-state index is 10.2. The summed E-state index contributed by atoms with van der Waals surface area (Å²) < 4.78 is 0. The van der Waals surface area contributed by atoms with Crippen LogP contribution >= 0.6 is 21.6 Å². The molecule has 6 heteroatoms. The standard InChI is InChI=1S/C24H25NO3S2/c1-24(2,3)25(28)19-8-12-23(13-9-19)30-29-22-10-6-17(7-11-22)4-5-18-14-20(26)16-21(27)15-18/h4-16,26-28H,1-3H3/b5-4+. The first kappa shape index (κ1) is 22.2. The Labute approximate surface area is 185 Å². The first-order valence-electron chi connectivity index (χ1n) is 9.45. The number of anilines is 1. The Bertz CT molecular complexity index is 990. The summed E-state index contributed by atoms with van der Waals surface area (Å²) in [6.45, 7) is 5.87. The van der Waals surface area contributed by atoms with E-state index in [1.165, 1.54) is 11.1 Å². The minimum atomic E-state index is -0.346. The van der Waals surface area contributed by atoms with Crippen molar-refractivity contribution in [1.82, 2.24) is 0 Å². The van der Waals surface area contributed by atoms with Crippen molar-refractivity contribution < 1.29 is 15.4 Å². The lowest BCUT2D eigenvalue weighted by Gasteiger charge is -2.31. The summed E-state index contributed by atoms with van der Waals surface area (Å²) in [6.07, 6.45) is 3.78. The van der Waals surface area contributed by atoms with Crippen molar-refractivity contribution in [1.29, 1.82) is 0 Å². The van der Waals surface area contributed by atoms with E-state index in [4.69, 9.17) is 0 Å². The van der Waals surface area contributed by atoms with Gasteiger partial charge in [0.1, 0.15) is 11.5 Å². The Morgan fingerprint density at radius 2 is 1.17 bits per heavy atom. The van der Waals surface area contributed by atoms with Crippen LogP contribution in [0.1, 0.15) is 31.9 Å². The zero-order chi connectivity index (χ0) is 21.7. The van der Waals surface area contributed by atoms with Crippen LogP contribution in [0.2, 0.25) is 0 Å². The Kier molecular flexibility index (Phi) is 7.02. The van der Waals surface area contributed by atoms with Crippen molar-refractivity contribution in [3.8, 4) is 11.5 Å². The molecule has 3 rings (SSSR count). The zero-order valence-corrected chi connectivity index (χ0v) is 18.7. The van der Waals surface area contributed by atoms with Crippen molar-refractivity contribution in [2.24, 2.45) is 0 Å². The fourth-order valence-electron chi connectivity index (χ4n) is 2.67. The molecule has 3 aromatic carbocycles. The van der Waals surface area contributed by atoms with Crippen LogP contribution in [0.25, 0.3) is 12.2 Å². The van der Waals surface area contributed by atoms with E-state index in [-0.39, 0.29) is 17.0 Å². The number of hydrogen-bond acceptors (Lipinski definition) is 6. The first-order chi connectivity index (χ1) is 14.2. The van der Waals surface area contributed by atoms with Crippen LogP contribution in [-0.4, -0.2) is 21.0 Å². The molecule has 0 fully saturated rings. The Balaban J connectivity index is 1.57. The number of nitrogens with zero attached hydrogens (tertiary/aromatic N) is 1. The SMILES string of the molecule is CC(C)(C)N(O)c1ccc(SSc2ccc(/C=C/c3cc(O)cc(O)c3)cc2)cc1. The predicted octanol–water partition coefficient (Wildman–Crippen LogP) is 7.06. The van der Waals surface area contributed by atoms with Gasteiger partial charge in [-0.2, -0.15) is 0 Å². The molecule has 0 atom stereocenters. The second-order valence-corrected chi connectivity index (χ2v) is 10.1. The highest BCUT2D eigenvalue weighted by atomic mass is 33.1. The third-order valence-corrected chi connectivity index (χ3v) is 6.64. The van der Waals surface area contributed by atoms with Crippen molar-refractivity contribution >= 4 is 39.4 Å². The minimum Gasteiger partial charge on any atom is -0.508 e. The van der Waals surface area contributed by atoms with Gasteiger partial charge in [0.25, 0.3) is 0 Å². The summed E-state index contributed by atoms with van der Waals surface area (Å²) in [5.74, 6) is 0.0770. The van der Waals surface area contributed by atoms with Gasteiger partial charge >= 0.3 is 0 Å². The molecule has 3 aromatic rings. The molecule has 3 N–H and O–H groups in total. The van der Waals surface area contributed by atoms with Gasteiger partial charge in [-0.25, -0.2) is 0 Å². The van der Waals surface area contributed by atoms with Gasteiger partial charge in [0.2, 0.25) is 0 Å². The first-order valence-corrected chi connectivity index (χ1v) is 11.6. The molecule has 30 heavy (non-hydrogen) atoms. The lowest BCUT2D eigenvalue weighted by atomic mass is 10.1. The van der Waals surface area contributed by atoms with Gasteiger partial charge in [-0.1, -0.05) is 45.9 Å². The van der Waals surface area contributed by atoms with Crippen LogP contribution in [-0.2, 0) is 0 Å². The van der Waals surface area contributed by atoms with Crippen LogP contribution in [0.15, 0.2) is 76.5 Å². The highest BCUT2D eigenvalue weighted by Crippen LogP contribution is 2.38. The summed E-state index contributed by atoms with van der Waals surface area (Å²) in [6, 6.07) is 20.5. The van der Waals surface area contributed by atoms with Crippen LogP contribution in [0.4, 0.5) is 5.69 Å². The van der Waals surface area contributed by atoms with Crippen LogP contribution in [0.3, 0.4) is 0 Å². The molecule has 0 spiro atoms. The molecule has 0 aromatic heterocycles. The second kappa shape index (κ2) is 9.51. The zero-order valence-electron chi connectivity index (χ0n) is 17.1. The van der Waals surface area contributed by atoms with Gasteiger partial charge in [0, 0.05) is 15.9 Å². The van der Waals surface area contributed by atoms with E-state index < -0.39 is 0 Å². The second-order valence-electron chi connectivity index (χ2n) is 7.83. The van der Waals surface area contributed by atoms with Gasteiger partial charge in [-0.15, -0.1) is 0 Å². The lowest BCUT2D eigenvalue weighted by Crippen LogP contribution is -2.38. The highest BCUT2D eigenvalue weighted by Gasteiger charge is 2.19. The number of aromatic hydroxyl groups is 2. The molecule has 0 aliphatic carbocycles. The maximum atomic E-state index is 10.2. The van der Waals surface area contributed by atoms with E-state index in [0.29, 0.717) is 0 Å². The summed E-state index contributed by atoms with van der Waals surface area (Å²) >= 11 is 0. The summed E-state index contributed by atoms with van der Waals surface area (Å²) in [7, 11) is 3.33. The highest BCUT2D eigenvalue weighted by molar-refractivity contribution is 8.76. The van der Waals surface area contributed by atoms with Gasteiger partial charge in [-0.05, 0) is 80.4 Å². The summed E-state index contributed by atoms with van der Waals surface area (Å²) in [4.78, 5) is 2.24. The van der Waals surface area contributed by atoms with Gasteiger partial charge in [-0.3, -0.25) is 10.3 Å². The molecular formula is C24H25NO3S2.